The second kappa shape index (κ2) is 6.01. The molecule has 0 aliphatic rings. The molecule has 3 nitrogen and oxygen atoms in total. The lowest BCUT2D eigenvalue weighted by Gasteiger charge is -2.09. The van der Waals surface area contributed by atoms with Crippen molar-refractivity contribution in [3.8, 4) is 11.4 Å². The summed E-state index contributed by atoms with van der Waals surface area (Å²) < 4.78 is 1.96. The average Bonchev–Trinajstić information content (AvgIpc) is 2.77. The van der Waals surface area contributed by atoms with Gasteiger partial charge in [0.05, 0.1) is 18.1 Å². The van der Waals surface area contributed by atoms with Crippen LogP contribution in [0.5, 0.6) is 0 Å². The SMILES string of the molecule is CNc1nc(-c2cc(Br)sc2Br)nc2c(Cl)cc(Cl)cc12. The summed E-state index contributed by atoms with van der Waals surface area (Å²) in [6.07, 6.45) is 0. The second-order valence-corrected chi connectivity index (χ2v) is 8.76. The minimum Gasteiger partial charge on any atom is -0.373 e. The number of anilines is 1. The summed E-state index contributed by atoms with van der Waals surface area (Å²) in [5, 5.41) is 4.92. The highest BCUT2D eigenvalue weighted by molar-refractivity contribution is 9.12. The van der Waals surface area contributed by atoms with Crippen molar-refractivity contribution in [2.24, 2.45) is 0 Å². The molecule has 2 aromatic heterocycles. The quantitative estimate of drug-likeness (QED) is 0.485. The Morgan fingerprint density at radius 3 is 2.52 bits per heavy atom. The van der Waals surface area contributed by atoms with Gasteiger partial charge in [-0.3, -0.25) is 0 Å². The molecule has 0 amide bonds. The van der Waals surface area contributed by atoms with E-state index in [1.165, 1.54) is 0 Å². The largest absolute Gasteiger partial charge is 0.373 e. The van der Waals surface area contributed by atoms with Crippen LogP contribution in [0.2, 0.25) is 10.0 Å². The average molecular weight is 468 g/mol. The number of rotatable bonds is 2. The highest BCUT2D eigenvalue weighted by atomic mass is 79.9. The normalized spacial score (nSPS) is 11.1. The Morgan fingerprint density at radius 1 is 1.14 bits per heavy atom. The Labute approximate surface area is 152 Å². The molecule has 3 aromatic rings. The van der Waals surface area contributed by atoms with E-state index in [-0.39, 0.29) is 0 Å². The van der Waals surface area contributed by atoms with Gasteiger partial charge in [-0.15, -0.1) is 11.3 Å². The van der Waals surface area contributed by atoms with Gasteiger partial charge in [-0.05, 0) is 50.1 Å². The molecule has 0 spiro atoms. The zero-order valence-electron chi connectivity index (χ0n) is 10.5. The van der Waals surface area contributed by atoms with E-state index in [4.69, 9.17) is 23.2 Å². The molecule has 1 N–H and O–H groups in total. The second-order valence-electron chi connectivity index (χ2n) is 4.17. The van der Waals surface area contributed by atoms with Crippen molar-refractivity contribution in [1.29, 1.82) is 0 Å². The number of hydrogen-bond acceptors (Lipinski definition) is 4. The Bertz CT molecular complexity index is 851. The van der Waals surface area contributed by atoms with Crippen molar-refractivity contribution in [2.75, 3.05) is 12.4 Å². The van der Waals surface area contributed by atoms with Crippen LogP contribution >= 0.6 is 66.4 Å². The van der Waals surface area contributed by atoms with Gasteiger partial charge in [-0.1, -0.05) is 23.2 Å². The Kier molecular flexibility index (Phi) is 4.43. The van der Waals surface area contributed by atoms with Crippen LogP contribution < -0.4 is 5.32 Å². The molecule has 21 heavy (non-hydrogen) atoms. The summed E-state index contributed by atoms with van der Waals surface area (Å²) in [6.45, 7) is 0. The van der Waals surface area contributed by atoms with Crippen LogP contribution in [0, 0.1) is 0 Å². The zero-order valence-corrected chi connectivity index (χ0v) is 16.0. The van der Waals surface area contributed by atoms with Gasteiger partial charge in [0, 0.05) is 23.0 Å². The molecule has 0 saturated heterocycles. The monoisotopic (exact) mass is 465 g/mol. The number of aromatic nitrogens is 2. The van der Waals surface area contributed by atoms with Crippen LogP contribution in [0.1, 0.15) is 0 Å². The Balaban J connectivity index is 2.34. The molecule has 0 aliphatic carbocycles. The first-order chi connectivity index (χ1) is 9.99. The van der Waals surface area contributed by atoms with Crippen LogP contribution in [-0.4, -0.2) is 17.0 Å². The summed E-state index contributed by atoms with van der Waals surface area (Å²) in [5.74, 6) is 1.29. The fourth-order valence-corrected chi connectivity index (χ4v) is 5.29. The minimum absolute atomic E-state index is 0.503. The minimum atomic E-state index is 0.503. The molecule has 2 heterocycles. The molecule has 0 fully saturated rings. The summed E-state index contributed by atoms with van der Waals surface area (Å²) in [4.78, 5) is 9.15. The summed E-state index contributed by atoms with van der Waals surface area (Å²) in [5.41, 5.74) is 1.58. The van der Waals surface area contributed by atoms with E-state index in [0.717, 1.165) is 18.5 Å². The van der Waals surface area contributed by atoms with E-state index in [0.29, 0.717) is 27.2 Å². The topological polar surface area (TPSA) is 37.8 Å². The van der Waals surface area contributed by atoms with Crippen LogP contribution in [0.3, 0.4) is 0 Å². The van der Waals surface area contributed by atoms with Crippen molar-refractivity contribution >= 4 is 83.1 Å². The zero-order chi connectivity index (χ0) is 15.1. The van der Waals surface area contributed by atoms with E-state index in [2.05, 4.69) is 47.1 Å². The highest BCUT2D eigenvalue weighted by Gasteiger charge is 2.15. The Morgan fingerprint density at radius 2 is 1.90 bits per heavy atom. The number of halogens is 4. The number of nitrogens with zero attached hydrogens (tertiary/aromatic N) is 2. The van der Waals surface area contributed by atoms with Gasteiger partial charge in [0.2, 0.25) is 0 Å². The van der Waals surface area contributed by atoms with Gasteiger partial charge in [0.25, 0.3) is 0 Å². The molecular weight excluding hydrogens is 461 g/mol. The number of benzene rings is 1. The molecule has 3 rings (SSSR count). The number of thiophene rings is 1. The van der Waals surface area contributed by atoms with Crippen LogP contribution in [-0.2, 0) is 0 Å². The smallest absolute Gasteiger partial charge is 0.164 e. The van der Waals surface area contributed by atoms with Crippen LogP contribution in [0.4, 0.5) is 5.82 Å². The maximum Gasteiger partial charge on any atom is 0.164 e. The van der Waals surface area contributed by atoms with Crippen molar-refractivity contribution in [3.05, 3.63) is 35.8 Å². The van der Waals surface area contributed by atoms with E-state index in [9.17, 15) is 0 Å². The lowest BCUT2D eigenvalue weighted by Crippen LogP contribution is -1.99. The number of hydrogen-bond donors (Lipinski definition) is 1. The van der Waals surface area contributed by atoms with Crippen molar-refractivity contribution in [2.45, 2.75) is 0 Å². The molecule has 0 unspecified atom stereocenters. The third kappa shape index (κ3) is 2.92. The van der Waals surface area contributed by atoms with E-state index in [1.54, 1.807) is 30.5 Å². The summed E-state index contributed by atoms with van der Waals surface area (Å²) in [6, 6.07) is 5.45. The molecule has 1 aromatic carbocycles. The van der Waals surface area contributed by atoms with Crippen molar-refractivity contribution in [1.82, 2.24) is 9.97 Å². The molecule has 0 bridgehead atoms. The first kappa shape index (κ1) is 15.5. The first-order valence-electron chi connectivity index (χ1n) is 5.79. The lowest BCUT2D eigenvalue weighted by molar-refractivity contribution is 1.21. The maximum absolute atomic E-state index is 6.27. The van der Waals surface area contributed by atoms with Crippen LogP contribution in [0.25, 0.3) is 22.3 Å². The van der Waals surface area contributed by atoms with Gasteiger partial charge in [0.1, 0.15) is 5.82 Å². The van der Waals surface area contributed by atoms with Crippen LogP contribution in [0.15, 0.2) is 25.8 Å². The highest BCUT2D eigenvalue weighted by Crippen LogP contribution is 2.39. The number of fused-ring (bicyclic) bond motifs is 1. The van der Waals surface area contributed by atoms with Gasteiger partial charge in [-0.2, -0.15) is 0 Å². The summed E-state index contributed by atoms with van der Waals surface area (Å²) >= 11 is 20.9. The maximum atomic E-state index is 6.27. The van der Waals surface area contributed by atoms with Crippen molar-refractivity contribution < 1.29 is 0 Å². The first-order valence-corrected chi connectivity index (χ1v) is 8.95. The molecule has 8 heteroatoms. The van der Waals surface area contributed by atoms with Gasteiger partial charge in [0.15, 0.2) is 5.82 Å². The molecule has 0 aliphatic heterocycles. The molecule has 108 valence electrons. The molecular formula is C13H7Br2Cl2N3S. The standard InChI is InChI=1S/C13H7Br2Cl2N3S/c1-18-12-6-2-5(16)3-8(17)10(6)19-13(20-12)7-4-9(14)21-11(7)15/h2-4H,1H3,(H,18,19,20). The Hall–Kier alpha value is -0.400. The van der Waals surface area contributed by atoms with E-state index < -0.39 is 0 Å². The predicted molar refractivity (Wildman–Crippen MR) is 97.8 cm³/mol. The van der Waals surface area contributed by atoms with Gasteiger partial charge >= 0.3 is 0 Å². The molecule has 0 radical (unpaired) electrons. The molecule has 0 atom stereocenters. The van der Waals surface area contributed by atoms with Crippen molar-refractivity contribution in [3.63, 3.8) is 0 Å². The lowest BCUT2D eigenvalue weighted by atomic mass is 10.2. The predicted octanol–water partition coefficient (Wildman–Crippen LogP) is 6.23. The fourth-order valence-electron chi connectivity index (χ4n) is 1.96. The van der Waals surface area contributed by atoms with Gasteiger partial charge < -0.3 is 5.32 Å². The third-order valence-electron chi connectivity index (χ3n) is 2.85. The third-order valence-corrected chi connectivity index (χ3v) is 5.70. The molecule has 0 saturated carbocycles. The van der Waals surface area contributed by atoms with E-state index >= 15 is 0 Å². The fraction of sp³-hybridized carbons (Fsp3) is 0.0769. The number of nitrogens with one attached hydrogen (secondary N) is 1. The van der Waals surface area contributed by atoms with Gasteiger partial charge in [-0.25, -0.2) is 9.97 Å². The van der Waals surface area contributed by atoms with E-state index in [1.807, 2.05) is 6.07 Å². The summed E-state index contributed by atoms with van der Waals surface area (Å²) in [7, 11) is 1.80.